The minimum atomic E-state index is -0.513. The number of fused-ring (bicyclic) bond motifs is 1. The van der Waals surface area contributed by atoms with Crippen molar-refractivity contribution in [2.75, 3.05) is 0 Å². The molecule has 2 aromatic heterocycles. The highest BCUT2D eigenvalue weighted by Crippen LogP contribution is 2.32. The van der Waals surface area contributed by atoms with Crippen molar-refractivity contribution >= 4 is 16.7 Å². The molecule has 0 radical (unpaired) electrons. The van der Waals surface area contributed by atoms with Crippen molar-refractivity contribution in [3.8, 4) is 11.6 Å². The maximum Gasteiger partial charge on any atom is 0.250 e. The third kappa shape index (κ3) is 5.02. The van der Waals surface area contributed by atoms with Gasteiger partial charge in [0.25, 0.3) is 0 Å². The van der Waals surface area contributed by atoms with Gasteiger partial charge in [0, 0.05) is 35.6 Å². The van der Waals surface area contributed by atoms with Gasteiger partial charge in [-0.1, -0.05) is 38.1 Å². The summed E-state index contributed by atoms with van der Waals surface area (Å²) in [6, 6.07) is 11.9. The summed E-state index contributed by atoms with van der Waals surface area (Å²) in [5, 5.41) is 5.77. The topological polar surface area (TPSA) is 90.1 Å². The first kappa shape index (κ1) is 21.2. The van der Waals surface area contributed by atoms with Gasteiger partial charge in [-0.05, 0) is 43.6 Å². The summed E-state index contributed by atoms with van der Waals surface area (Å²) in [5.41, 5.74) is 6.64. The van der Waals surface area contributed by atoms with E-state index in [0.29, 0.717) is 23.2 Å². The van der Waals surface area contributed by atoms with Crippen LogP contribution >= 0.6 is 0 Å². The van der Waals surface area contributed by atoms with Crippen molar-refractivity contribution < 1.29 is 9.53 Å². The van der Waals surface area contributed by atoms with E-state index in [1.165, 1.54) is 31.9 Å². The number of primary amides is 1. The van der Waals surface area contributed by atoms with Gasteiger partial charge in [-0.15, -0.1) is 0 Å². The number of nitrogens with two attached hydrogens (primary N) is 1. The quantitative estimate of drug-likeness (QED) is 0.574. The second-order valence-electron chi connectivity index (χ2n) is 8.70. The van der Waals surface area contributed by atoms with Gasteiger partial charge in [0.05, 0.1) is 17.5 Å². The molecule has 0 bridgehead atoms. The number of rotatable bonds is 7. The maximum absolute atomic E-state index is 11.2. The molecule has 1 amide bonds. The number of nitrogens with zero attached hydrogens (tertiary/aromatic N) is 2. The minimum absolute atomic E-state index is 0.346. The second-order valence-corrected chi connectivity index (χ2v) is 8.70. The molecule has 4 rings (SSSR count). The Balaban J connectivity index is 1.47. The molecular weight excluding hydrogens is 388 g/mol. The molecule has 1 aliphatic carbocycles. The fraction of sp³-hybridized carbons (Fsp3) is 0.400. The molecule has 31 heavy (non-hydrogen) atoms. The molecule has 6 nitrogen and oxygen atoms in total. The Hall–Kier alpha value is -2.99. The fourth-order valence-electron chi connectivity index (χ4n) is 4.38. The van der Waals surface area contributed by atoms with Gasteiger partial charge in [0.15, 0.2) is 5.75 Å². The highest BCUT2D eigenvalue weighted by molar-refractivity contribution is 5.92. The van der Waals surface area contributed by atoms with Crippen LogP contribution in [-0.4, -0.2) is 21.9 Å². The largest absolute Gasteiger partial charge is 0.437 e. The molecule has 0 atom stereocenters. The lowest BCUT2D eigenvalue weighted by Crippen LogP contribution is -2.34. The summed E-state index contributed by atoms with van der Waals surface area (Å²) in [7, 11) is 0. The number of nitrogens with one attached hydrogen (secondary N) is 1. The Morgan fingerprint density at radius 1 is 1.06 bits per heavy atom. The van der Waals surface area contributed by atoms with Gasteiger partial charge in [-0.25, -0.2) is 4.98 Å². The molecule has 1 fully saturated rings. The first-order valence-corrected chi connectivity index (χ1v) is 11.0. The first-order chi connectivity index (χ1) is 15.0. The lowest BCUT2D eigenvalue weighted by molar-refractivity contribution is 0.1000. The number of aromatic nitrogens is 2. The van der Waals surface area contributed by atoms with Crippen molar-refractivity contribution in [2.24, 2.45) is 17.6 Å². The minimum Gasteiger partial charge on any atom is -0.437 e. The first-order valence-electron chi connectivity index (χ1n) is 11.0. The Morgan fingerprint density at radius 3 is 2.45 bits per heavy atom. The molecule has 3 N–H and O–H groups in total. The average molecular weight is 419 g/mol. The molecule has 1 saturated carbocycles. The van der Waals surface area contributed by atoms with E-state index < -0.39 is 5.91 Å². The zero-order valence-corrected chi connectivity index (χ0v) is 18.2. The van der Waals surface area contributed by atoms with Crippen molar-refractivity contribution in [3.05, 3.63) is 60.0 Å². The molecule has 1 aliphatic rings. The predicted octanol–water partition coefficient (Wildman–Crippen LogP) is 4.83. The van der Waals surface area contributed by atoms with Crippen LogP contribution in [0.1, 0.15) is 55.6 Å². The molecule has 162 valence electrons. The number of carbonyl (C=O) groups excluding carboxylic acids is 1. The Bertz CT molecular complexity index is 1040. The monoisotopic (exact) mass is 418 g/mol. The van der Waals surface area contributed by atoms with Crippen molar-refractivity contribution in [1.82, 2.24) is 15.3 Å². The van der Waals surface area contributed by atoms with Crippen molar-refractivity contribution in [2.45, 2.75) is 52.1 Å². The number of hydrogen-bond acceptors (Lipinski definition) is 5. The number of pyridine rings is 2. The zero-order chi connectivity index (χ0) is 21.8. The van der Waals surface area contributed by atoms with Gasteiger partial charge in [-0.2, -0.15) is 0 Å². The maximum atomic E-state index is 11.2. The highest BCUT2D eigenvalue weighted by Gasteiger charge is 2.23. The van der Waals surface area contributed by atoms with E-state index in [-0.39, 0.29) is 0 Å². The summed E-state index contributed by atoms with van der Waals surface area (Å²) in [6.45, 7) is 5.41. The summed E-state index contributed by atoms with van der Waals surface area (Å²) in [5.74, 6) is 2.15. The predicted molar refractivity (Wildman–Crippen MR) is 122 cm³/mol. The van der Waals surface area contributed by atoms with Gasteiger partial charge < -0.3 is 15.8 Å². The molecule has 1 aromatic carbocycles. The van der Waals surface area contributed by atoms with E-state index in [2.05, 4.69) is 35.2 Å². The normalized spacial score (nSPS) is 18.9. The molecule has 0 spiro atoms. The molecular formula is C25H30N4O2. The van der Waals surface area contributed by atoms with Crippen molar-refractivity contribution in [1.29, 1.82) is 0 Å². The zero-order valence-electron chi connectivity index (χ0n) is 18.2. The molecule has 0 saturated heterocycles. The van der Waals surface area contributed by atoms with Crippen LogP contribution in [0.4, 0.5) is 0 Å². The summed E-state index contributed by atoms with van der Waals surface area (Å²) >= 11 is 0. The third-order valence-corrected chi connectivity index (χ3v) is 6.35. The van der Waals surface area contributed by atoms with Crippen LogP contribution in [0.3, 0.4) is 0 Å². The number of hydrogen-bond donors (Lipinski definition) is 2. The van der Waals surface area contributed by atoms with Gasteiger partial charge in [0.1, 0.15) is 0 Å². The molecule has 0 aliphatic heterocycles. The van der Waals surface area contributed by atoms with Gasteiger partial charge in [-0.3, -0.25) is 9.78 Å². The standard InChI is InChI=1S/C25H30N4O2/c1-16(2)17-7-10-19(11-8-17)27-14-22-20-5-3-4-6-21(20)23(15-28-22)31-24-12-9-18(13-29-24)25(26)30/h3-6,9,12-13,15-17,19,27H,7-8,10-11,14H2,1-2H3,(H2,26,30)/t17-,19+. The third-order valence-electron chi connectivity index (χ3n) is 6.35. The van der Waals surface area contributed by atoms with Crippen LogP contribution < -0.4 is 15.8 Å². The lowest BCUT2D eigenvalue weighted by atomic mass is 9.80. The van der Waals surface area contributed by atoms with E-state index in [9.17, 15) is 4.79 Å². The fourth-order valence-corrected chi connectivity index (χ4v) is 4.38. The summed E-state index contributed by atoms with van der Waals surface area (Å²) in [6.07, 6.45) is 8.23. The summed E-state index contributed by atoms with van der Waals surface area (Å²) in [4.78, 5) is 20.1. The average Bonchev–Trinajstić information content (AvgIpc) is 2.79. The smallest absolute Gasteiger partial charge is 0.250 e. The van der Waals surface area contributed by atoms with E-state index >= 15 is 0 Å². The SMILES string of the molecule is CC(C)[C@H]1CC[C@@H](NCc2ncc(Oc3ccc(C(N)=O)cn3)c3ccccc23)CC1. The Labute approximate surface area is 183 Å². The van der Waals surface area contributed by atoms with Crippen LogP contribution in [0.2, 0.25) is 0 Å². The highest BCUT2D eigenvalue weighted by atomic mass is 16.5. The van der Waals surface area contributed by atoms with Crippen molar-refractivity contribution in [3.63, 3.8) is 0 Å². The van der Waals surface area contributed by atoms with Crippen LogP contribution in [0.15, 0.2) is 48.8 Å². The Morgan fingerprint density at radius 2 is 1.81 bits per heavy atom. The lowest BCUT2D eigenvalue weighted by Gasteiger charge is -2.31. The molecule has 2 heterocycles. The number of ether oxygens (including phenoxy) is 1. The van der Waals surface area contributed by atoms with Gasteiger partial charge >= 0.3 is 0 Å². The van der Waals surface area contributed by atoms with Crippen LogP contribution in [0.25, 0.3) is 10.8 Å². The van der Waals surface area contributed by atoms with E-state index in [0.717, 1.165) is 34.8 Å². The van der Waals surface area contributed by atoms with E-state index in [4.69, 9.17) is 10.5 Å². The van der Waals surface area contributed by atoms with Crippen LogP contribution in [0.5, 0.6) is 11.6 Å². The van der Waals surface area contributed by atoms with E-state index in [1.54, 1.807) is 18.3 Å². The van der Waals surface area contributed by atoms with E-state index in [1.807, 2.05) is 18.2 Å². The number of benzene rings is 1. The van der Waals surface area contributed by atoms with Crippen LogP contribution in [-0.2, 0) is 6.54 Å². The molecule has 0 unspecified atom stereocenters. The number of amides is 1. The second kappa shape index (κ2) is 9.43. The molecule has 3 aromatic rings. The number of carbonyl (C=O) groups is 1. The Kier molecular flexibility index (Phi) is 6.47. The van der Waals surface area contributed by atoms with Crippen LogP contribution in [0, 0.1) is 11.8 Å². The summed E-state index contributed by atoms with van der Waals surface area (Å²) < 4.78 is 5.96. The van der Waals surface area contributed by atoms with Gasteiger partial charge in [0.2, 0.25) is 11.8 Å². The molecule has 6 heteroatoms.